The van der Waals surface area contributed by atoms with Crippen LogP contribution in [0.3, 0.4) is 0 Å². The molecule has 0 saturated heterocycles. The molecule has 0 saturated carbocycles. The van der Waals surface area contributed by atoms with Gasteiger partial charge >= 0.3 is 0 Å². The van der Waals surface area contributed by atoms with Crippen molar-refractivity contribution in [3.63, 3.8) is 0 Å². The summed E-state index contributed by atoms with van der Waals surface area (Å²) in [4.78, 5) is 31.7. The number of nitrogens with zero attached hydrogens (tertiary/aromatic N) is 2. The van der Waals surface area contributed by atoms with Gasteiger partial charge in [-0.2, -0.15) is 0 Å². The Morgan fingerprint density at radius 3 is 2.29 bits per heavy atom. The Kier molecular flexibility index (Phi) is 5.65. The van der Waals surface area contributed by atoms with E-state index in [0.29, 0.717) is 51.8 Å². The lowest BCUT2D eigenvalue weighted by Crippen LogP contribution is -2.27. The minimum absolute atomic E-state index is 0.119. The highest BCUT2D eigenvalue weighted by Gasteiger charge is 2.20. The number of methoxy groups -OCH3 is 3. The lowest BCUT2D eigenvalue weighted by atomic mass is 10.1. The zero-order chi connectivity index (χ0) is 22.1. The van der Waals surface area contributed by atoms with Crippen LogP contribution in [0.4, 0.5) is 0 Å². The van der Waals surface area contributed by atoms with Crippen LogP contribution < -0.4 is 25.2 Å². The van der Waals surface area contributed by atoms with Crippen LogP contribution in [0.25, 0.3) is 31.7 Å². The molecule has 2 aromatic heterocycles. The average Bonchev–Trinajstić information content (AvgIpc) is 2.79. The van der Waals surface area contributed by atoms with Gasteiger partial charge in [-0.25, -0.2) is 4.98 Å². The second-order valence-electron chi connectivity index (χ2n) is 6.91. The lowest BCUT2D eigenvalue weighted by Gasteiger charge is -2.17. The molecule has 7 nitrogen and oxygen atoms in total. The van der Waals surface area contributed by atoms with E-state index in [2.05, 4.69) is 0 Å². The largest absolute Gasteiger partial charge is 0.493 e. The molecule has 0 unspecified atom stereocenters. The number of ether oxygens (including phenoxy) is 3. The van der Waals surface area contributed by atoms with Gasteiger partial charge in [0.1, 0.15) is 16.0 Å². The standard InChI is InChI=1S/C23H22N2O5S/c1-5-10-25-21(13-11-15(28-2)20(30-4)16(12-13)29-3)24-22-18(23(25)27)19(26)14-8-6-7-9-17(14)31-22/h6-9,11-12H,5,10H2,1-4H3. The Morgan fingerprint density at radius 1 is 1.00 bits per heavy atom. The van der Waals surface area contributed by atoms with E-state index in [9.17, 15) is 9.59 Å². The molecule has 0 radical (unpaired) electrons. The Bertz CT molecular complexity index is 1380. The van der Waals surface area contributed by atoms with Crippen molar-refractivity contribution < 1.29 is 14.2 Å². The fourth-order valence-corrected chi connectivity index (χ4v) is 4.69. The van der Waals surface area contributed by atoms with Crippen molar-refractivity contribution in [2.24, 2.45) is 0 Å². The smallest absolute Gasteiger partial charge is 0.266 e. The van der Waals surface area contributed by atoms with Gasteiger partial charge in [-0.1, -0.05) is 19.1 Å². The Labute approximate surface area is 182 Å². The van der Waals surface area contributed by atoms with E-state index in [1.54, 1.807) is 28.8 Å². The van der Waals surface area contributed by atoms with E-state index in [1.165, 1.54) is 32.7 Å². The van der Waals surface area contributed by atoms with E-state index in [4.69, 9.17) is 19.2 Å². The zero-order valence-electron chi connectivity index (χ0n) is 17.7. The summed E-state index contributed by atoms with van der Waals surface area (Å²) in [6.45, 7) is 2.39. The average molecular weight is 439 g/mol. The van der Waals surface area contributed by atoms with Crippen LogP contribution in [-0.4, -0.2) is 30.9 Å². The molecule has 31 heavy (non-hydrogen) atoms. The molecule has 4 rings (SSSR count). The molecule has 4 aromatic rings. The first kappa shape index (κ1) is 20.9. The van der Waals surface area contributed by atoms with E-state index in [0.717, 1.165) is 4.70 Å². The summed E-state index contributed by atoms with van der Waals surface area (Å²) in [6.07, 6.45) is 0.704. The number of hydrogen-bond acceptors (Lipinski definition) is 7. The first-order chi connectivity index (χ1) is 15.0. The molecule has 0 N–H and O–H groups in total. The number of hydrogen-bond donors (Lipinski definition) is 0. The van der Waals surface area contributed by atoms with Crippen LogP contribution >= 0.6 is 11.3 Å². The van der Waals surface area contributed by atoms with Crippen molar-refractivity contribution in [1.29, 1.82) is 0 Å². The third-order valence-electron chi connectivity index (χ3n) is 5.07. The molecule has 0 atom stereocenters. The molecule has 0 spiro atoms. The van der Waals surface area contributed by atoms with Gasteiger partial charge in [-0.15, -0.1) is 11.3 Å². The highest BCUT2D eigenvalue weighted by molar-refractivity contribution is 7.24. The minimum Gasteiger partial charge on any atom is -0.493 e. The van der Waals surface area contributed by atoms with E-state index >= 15 is 0 Å². The molecular weight excluding hydrogens is 416 g/mol. The van der Waals surface area contributed by atoms with Crippen LogP contribution in [0.5, 0.6) is 17.2 Å². The van der Waals surface area contributed by atoms with E-state index in [1.807, 2.05) is 19.1 Å². The molecule has 0 aliphatic heterocycles. The first-order valence-electron chi connectivity index (χ1n) is 9.80. The number of benzene rings is 2. The van der Waals surface area contributed by atoms with E-state index < -0.39 is 0 Å². The molecular formula is C23H22N2O5S. The van der Waals surface area contributed by atoms with Gasteiger partial charge in [-0.3, -0.25) is 14.2 Å². The van der Waals surface area contributed by atoms with E-state index in [-0.39, 0.29) is 16.4 Å². The Hall–Kier alpha value is -3.39. The van der Waals surface area contributed by atoms with Crippen molar-refractivity contribution in [3.8, 4) is 28.6 Å². The molecule has 0 bridgehead atoms. The fraction of sp³-hybridized carbons (Fsp3) is 0.261. The van der Waals surface area contributed by atoms with Crippen LogP contribution in [0.2, 0.25) is 0 Å². The van der Waals surface area contributed by atoms with Crippen molar-refractivity contribution in [3.05, 3.63) is 57.0 Å². The lowest BCUT2D eigenvalue weighted by molar-refractivity contribution is 0.324. The van der Waals surface area contributed by atoms with Gasteiger partial charge in [0.05, 0.1) is 21.3 Å². The summed E-state index contributed by atoms with van der Waals surface area (Å²) >= 11 is 1.33. The van der Waals surface area contributed by atoms with Gasteiger partial charge in [0, 0.05) is 22.2 Å². The molecule has 2 aromatic carbocycles. The second-order valence-corrected chi connectivity index (χ2v) is 7.94. The third-order valence-corrected chi connectivity index (χ3v) is 6.14. The van der Waals surface area contributed by atoms with Crippen molar-refractivity contribution >= 4 is 31.6 Å². The maximum atomic E-state index is 13.5. The first-order valence-corrected chi connectivity index (χ1v) is 10.6. The topological polar surface area (TPSA) is 79.7 Å². The monoisotopic (exact) mass is 438 g/mol. The summed E-state index contributed by atoms with van der Waals surface area (Å²) in [7, 11) is 4.60. The zero-order valence-corrected chi connectivity index (χ0v) is 18.5. The minimum atomic E-state index is -0.345. The van der Waals surface area contributed by atoms with Gasteiger partial charge < -0.3 is 14.2 Å². The summed E-state index contributed by atoms with van der Waals surface area (Å²) in [6, 6.07) is 10.8. The quantitative estimate of drug-likeness (QED) is 0.422. The van der Waals surface area contributed by atoms with Crippen molar-refractivity contribution in [1.82, 2.24) is 9.55 Å². The summed E-state index contributed by atoms with van der Waals surface area (Å²) < 4.78 is 18.7. The molecule has 2 heterocycles. The van der Waals surface area contributed by atoms with Crippen molar-refractivity contribution in [2.75, 3.05) is 21.3 Å². The maximum absolute atomic E-state index is 13.5. The molecule has 0 amide bonds. The molecule has 0 aliphatic rings. The normalized spacial score (nSPS) is 11.1. The molecule has 0 fully saturated rings. The fourth-order valence-electron chi connectivity index (χ4n) is 3.65. The predicted octanol–water partition coefficient (Wildman–Crippen LogP) is 4.07. The van der Waals surface area contributed by atoms with Crippen LogP contribution in [-0.2, 0) is 6.54 Å². The summed E-state index contributed by atoms with van der Waals surface area (Å²) in [5, 5.41) is 0.649. The molecule has 0 aliphatic carbocycles. The number of fused-ring (bicyclic) bond motifs is 2. The van der Waals surface area contributed by atoms with Gasteiger partial charge in [-0.05, 0) is 30.7 Å². The Balaban J connectivity index is 2.11. The van der Waals surface area contributed by atoms with Crippen LogP contribution in [0.15, 0.2) is 46.0 Å². The highest BCUT2D eigenvalue weighted by Crippen LogP contribution is 2.41. The van der Waals surface area contributed by atoms with Crippen molar-refractivity contribution in [2.45, 2.75) is 19.9 Å². The molecule has 160 valence electrons. The Morgan fingerprint density at radius 2 is 1.68 bits per heavy atom. The second kappa shape index (κ2) is 8.39. The summed E-state index contributed by atoms with van der Waals surface area (Å²) in [5.74, 6) is 1.82. The van der Waals surface area contributed by atoms with Gasteiger partial charge in [0.2, 0.25) is 11.2 Å². The molecule has 8 heteroatoms. The van der Waals surface area contributed by atoms with Gasteiger partial charge in [0.15, 0.2) is 11.5 Å². The predicted molar refractivity (Wildman–Crippen MR) is 123 cm³/mol. The van der Waals surface area contributed by atoms with Crippen LogP contribution in [0.1, 0.15) is 13.3 Å². The van der Waals surface area contributed by atoms with Crippen LogP contribution in [0, 0.1) is 0 Å². The third kappa shape index (κ3) is 3.42. The summed E-state index contributed by atoms with van der Waals surface area (Å²) in [5.41, 5.74) is 0.000470. The highest BCUT2D eigenvalue weighted by atomic mass is 32.1. The number of rotatable bonds is 6. The number of aromatic nitrogens is 2. The van der Waals surface area contributed by atoms with Gasteiger partial charge in [0.25, 0.3) is 5.56 Å². The maximum Gasteiger partial charge on any atom is 0.266 e. The SMILES string of the molecule is CCCn1c(-c2cc(OC)c(OC)c(OC)c2)nc2sc3ccccc3c(=O)c2c1=O.